The first-order chi connectivity index (χ1) is 11.5. The summed E-state index contributed by atoms with van der Waals surface area (Å²) < 4.78 is 16.8. The van der Waals surface area contributed by atoms with E-state index in [1.54, 1.807) is 6.07 Å². The highest BCUT2D eigenvalue weighted by Crippen LogP contribution is 2.54. The van der Waals surface area contributed by atoms with Crippen molar-refractivity contribution in [3.8, 4) is 11.3 Å². The van der Waals surface area contributed by atoms with Crippen LogP contribution in [0.25, 0.3) is 22.0 Å². The SMILES string of the molecule is Cc1cc2c(cc1F)C1(C)C=CC1(C)[n+]1ccc3ccccc3c1-2. The van der Waals surface area contributed by atoms with Crippen LogP contribution in [0.4, 0.5) is 4.39 Å². The maximum atomic E-state index is 14.4. The van der Waals surface area contributed by atoms with Gasteiger partial charge in [0, 0.05) is 13.0 Å². The van der Waals surface area contributed by atoms with Gasteiger partial charge in [-0.1, -0.05) is 24.3 Å². The van der Waals surface area contributed by atoms with Crippen LogP contribution in [0.2, 0.25) is 0 Å². The van der Waals surface area contributed by atoms with Crippen LogP contribution in [0.5, 0.6) is 0 Å². The monoisotopic (exact) mass is 316 g/mol. The number of fused-ring (bicyclic) bond motifs is 8. The van der Waals surface area contributed by atoms with Gasteiger partial charge in [0.15, 0.2) is 11.7 Å². The van der Waals surface area contributed by atoms with Crippen molar-refractivity contribution < 1.29 is 8.96 Å². The number of nitrogens with zero attached hydrogens (tertiary/aromatic N) is 1. The number of rotatable bonds is 0. The Balaban J connectivity index is 2.01. The second kappa shape index (κ2) is 4.13. The summed E-state index contributed by atoms with van der Waals surface area (Å²) in [4.78, 5) is 0. The van der Waals surface area contributed by atoms with Crippen molar-refractivity contribution in [2.75, 3.05) is 0 Å². The standard InChI is InChI=1S/C22H19FN/c1-14-12-17-18(13-19(14)23)21(2)9-10-22(21,3)24-11-8-15-6-4-5-7-16(15)20(17)24/h4-13H,1-3H3/q+1. The van der Waals surface area contributed by atoms with Crippen LogP contribution < -0.4 is 4.57 Å². The molecule has 2 heteroatoms. The molecule has 1 aromatic heterocycles. The van der Waals surface area contributed by atoms with E-state index in [1.807, 2.05) is 13.0 Å². The Labute approximate surface area is 141 Å². The Morgan fingerprint density at radius 3 is 2.54 bits per heavy atom. The first kappa shape index (κ1) is 13.9. The second-order valence-corrected chi connectivity index (χ2v) is 7.45. The fourth-order valence-electron chi connectivity index (χ4n) is 4.45. The van der Waals surface area contributed by atoms with Crippen molar-refractivity contribution in [1.82, 2.24) is 0 Å². The molecule has 2 heterocycles. The van der Waals surface area contributed by atoms with Gasteiger partial charge in [-0.2, -0.15) is 4.57 Å². The molecule has 0 radical (unpaired) electrons. The molecule has 118 valence electrons. The quantitative estimate of drug-likeness (QED) is 0.414. The number of aromatic nitrogens is 1. The van der Waals surface area contributed by atoms with Gasteiger partial charge in [0.2, 0.25) is 5.69 Å². The summed E-state index contributed by atoms with van der Waals surface area (Å²) in [6.45, 7) is 6.30. The first-order valence-electron chi connectivity index (χ1n) is 8.41. The lowest BCUT2D eigenvalue weighted by atomic mass is 9.56. The van der Waals surface area contributed by atoms with Gasteiger partial charge in [-0.3, -0.25) is 0 Å². The van der Waals surface area contributed by atoms with E-state index in [-0.39, 0.29) is 16.8 Å². The molecular weight excluding hydrogens is 297 g/mol. The van der Waals surface area contributed by atoms with Gasteiger partial charge < -0.3 is 0 Å². The molecular formula is C22H19FN+. The maximum absolute atomic E-state index is 14.4. The number of pyridine rings is 1. The Hall–Kier alpha value is -2.48. The first-order valence-corrected chi connectivity index (χ1v) is 8.41. The zero-order valence-corrected chi connectivity index (χ0v) is 14.1. The lowest BCUT2D eigenvalue weighted by molar-refractivity contribution is -0.753. The molecule has 1 nitrogen and oxygen atoms in total. The smallest absolute Gasteiger partial charge is 0.207 e. The third-order valence-corrected chi connectivity index (χ3v) is 6.27. The van der Waals surface area contributed by atoms with Crippen LogP contribution >= 0.6 is 0 Å². The van der Waals surface area contributed by atoms with Crippen LogP contribution in [0.15, 0.2) is 60.8 Å². The summed E-state index contributed by atoms with van der Waals surface area (Å²) >= 11 is 0. The maximum Gasteiger partial charge on any atom is 0.221 e. The Kier molecular flexibility index (Phi) is 2.39. The van der Waals surface area contributed by atoms with Gasteiger partial charge in [-0.15, -0.1) is 0 Å². The summed E-state index contributed by atoms with van der Waals surface area (Å²) in [6, 6.07) is 14.4. The van der Waals surface area contributed by atoms with Gasteiger partial charge in [0.1, 0.15) is 5.82 Å². The molecule has 1 aliphatic heterocycles. The van der Waals surface area contributed by atoms with E-state index in [0.29, 0.717) is 5.56 Å². The summed E-state index contributed by atoms with van der Waals surface area (Å²) in [5.74, 6) is -0.119. The Bertz CT molecular complexity index is 1060. The van der Waals surface area contributed by atoms with E-state index in [2.05, 4.69) is 67.1 Å². The van der Waals surface area contributed by atoms with Gasteiger partial charge >= 0.3 is 0 Å². The molecule has 1 aliphatic carbocycles. The molecule has 2 aromatic carbocycles. The van der Waals surface area contributed by atoms with Crippen LogP contribution in [0.3, 0.4) is 0 Å². The molecule has 24 heavy (non-hydrogen) atoms. The molecule has 0 amide bonds. The largest absolute Gasteiger partial charge is 0.221 e. The predicted octanol–water partition coefficient (Wildman–Crippen LogP) is 4.80. The number of aryl methyl sites for hydroxylation is 1. The predicted molar refractivity (Wildman–Crippen MR) is 94.4 cm³/mol. The molecule has 0 fully saturated rings. The fraction of sp³-hybridized carbons (Fsp3) is 0.227. The summed E-state index contributed by atoms with van der Waals surface area (Å²) in [5.41, 5.74) is 3.78. The van der Waals surface area contributed by atoms with E-state index >= 15 is 0 Å². The molecule has 0 spiro atoms. The van der Waals surface area contributed by atoms with E-state index in [0.717, 1.165) is 11.1 Å². The average Bonchev–Trinajstić information content (AvgIpc) is 2.59. The number of benzene rings is 2. The molecule has 2 atom stereocenters. The average molecular weight is 316 g/mol. The van der Waals surface area contributed by atoms with E-state index in [1.165, 1.54) is 16.5 Å². The third kappa shape index (κ3) is 1.39. The lowest BCUT2D eigenvalue weighted by Crippen LogP contribution is -2.70. The number of hydrogen-bond acceptors (Lipinski definition) is 0. The van der Waals surface area contributed by atoms with Gasteiger partial charge in [-0.25, -0.2) is 4.39 Å². The van der Waals surface area contributed by atoms with E-state index in [9.17, 15) is 4.39 Å². The minimum Gasteiger partial charge on any atom is -0.207 e. The van der Waals surface area contributed by atoms with Crippen molar-refractivity contribution in [3.05, 3.63) is 77.8 Å². The van der Waals surface area contributed by atoms with Crippen LogP contribution in [-0.4, -0.2) is 0 Å². The molecule has 0 saturated heterocycles. The van der Waals surface area contributed by atoms with Crippen LogP contribution in [0, 0.1) is 12.7 Å². The van der Waals surface area contributed by atoms with E-state index in [4.69, 9.17) is 0 Å². The Morgan fingerprint density at radius 1 is 1.00 bits per heavy atom. The van der Waals surface area contributed by atoms with Gasteiger partial charge in [0.25, 0.3) is 0 Å². The Morgan fingerprint density at radius 2 is 1.79 bits per heavy atom. The topological polar surface area (TPSA) is 3.88 Å². The summed E-state index contributed by atoms with van der Waals surface area (Å²) in [7, 11) is 0. The zero-order valence-electron chi connectivity index (χ0n) is 14.1. The molecule has 5 rings (SSSR count). The molecule has 0 bridgehead atoms. The zero-order chi connectivity index (χ0) is 16.7. The molecule has 0 N–H and O–H groups in total. The number of halogens is 1. The summed E-state index contributed by atoms with van der Waals surface area (Å²) in [6.07, 6.45) is 6.64. The molecule has 2 aliphatic rings. The van der Waals surface area contributed by atoms with Crippen LogP contribution in [-0.2, 0) is 11.0 Å². The second-order valence-electron chi connectivity index (χ2n) is 7.45. The summed E-state index contributed by atoms with van der Waals surface area (Å²) in [5, 5.41) is 2.43. The van der Waals surface area contributed by atoms with Crippen molar-refractivity contribution in [1.29, 1.82) is 0 Å². The highest BCUT2D eigenvalue weighted by molar-refractivity contribution is 5.94. The lowest BCUT2D eigenvalue weighted by Gasteiger charge is -2.49. The van der Waals surface area contributed by atoms with Crippen molar-refractivity contribution in [2.24, 2.45) is 0 Å². The van der Waals surface area contributed by atoms with Gasteiger partial charge in [-0.05, 0) is 54.6 Å². The minimum atomic E-state index is -0.184. The van der Waals surface area contributed by atoms with E-state index < -0.39 is 0 Å². The molecule has 0 saturated carbocycles. The van der Waals surface area contributed by atoms with Crippen molar-refractivity contribution >= 4 is 10.8 Å². The number of allylic oxidation sites excluding steroid dienone is 2. The van der Waals surface area contributed by atoms with Crippen molar-refractivity contribution in [3.63, 3.8) is 0 Å². The highest BCUT2D eigenvalue weighted by Gasteiger charge is 2.61. The third-order valence-electron chi connectivity index (χ3n) is 6.27. The fourth-order valence-corrected chi connectivity index (χ4v) is 4.45. The van der Waals surface area contributed by atoms with Crippen LogP contribution in [0.1, 0.15) is 25.0 Å². The number of hydrogen-bond donors (Lipinski definition) is 0. The van der Waals surface area contributed by atoms with Crippen molar-refractivity contribution in [2.45, 2.75) is 31.7 Å². The molecule has 2 unspecified atom stereocenters. The minimum absolute atomic E-state index is 0.119. The highest BCUT2D eigenvalue weighted by atomic mass is 19.1. The van der Waals surface area contributed by atoms with Gasteiger partial charge in [0.05, 0.1) is 16.4 Å². The molecule has 3 aromatic rings. The normalized spacial score (nSPS) is 26.5.